The van der Waals surface area contributed by atoms with Gasteiger partial charge in [-0.05, 0) is 63.6 Å². The number of halogens is 3. The standard InChI is InChI=1S/C28H29Cl3N6O2/c1-15(2)33-28-34-23-14-36(26(38)18-5-7-20(29)21(30)13-18)16(3)11-19(23)27(39)37(28)24-8-6-17(12-22(24)31)25-32-9-10-35(25)4/h5-10,12-13,15-16,19,23H,11,14H2,1-4H3,(H,33,34)/t16-,19?,23?/m1/s1. The van der Waals surface area contributed by atoms with Crippen LogP contribution in [0.2, 0.25) is 15.1 Å². The number of anilines is 1. The SMILES string of the molecule is CC(C)NC1=NC2CN(C(=O)c3ccc(Cl)c(Cl)c3)[C@H](C)CC2C(=O)N1c1ccc(-c2nccn2C)cc1Cl. The van der Waals surface area contributed by atoms with Crippen LogP contribution >= 0.6 is 34.8 Å². The topological polar surface area (TPSA) is 82.8 Å². The van der Waals surface area contributed by atoms with Gasteiger partial charge in [-0.15, -0.1) is 0 Å². The van der Waals surface area contributed by atoms with Crippen molar-refractivity contribution in [2.24, 2.45) is 18.0 Å². The first-order chi connectivity index (χ1) is 18.5. The molecule has 2 aliphatic heterocycles. The number of imidazole rings is 1. The number of likely N-dealkylation sites (tertiary alicyclic amines) is 1. The van der Waals surface area contributed by atoms with E-state index in [1.807, 2.05) is 56.8 Å². The number of benzene rings is 2. The summed E-state index contributed by atoms with van der Waals surface area (Å²) in [7, 11) is 1.91. The lowest BCUT2D eigenvalue weighted by atomic mass is 9.84. The first kappa shape index (κ1) is 27.5. The second-order valence-electron chi connectivity index (χ2n) is 10.3. The summed E-state index contributed by atoms with van der Waals surface area (Å²) in [6.45, 7) is 6.21. The number of nitrogens with one attached hydrogen (secondary N) is 1. The molecule has 0 saturated carbocycles. The Bertz CT molecular complexity index is 1470. The zero-order valence-corrected chi connectivity index (χ0v) is 24.3. The molecule has 2 aliphatic rings. The molecular weight excluding hydrogens is 559 g/mol. The summed E-state index contributed by atoms with van der Waals surface area (Å²) in [6.07, 6.45) is 4.06. The van der Waals surface area contributed by atoms with Crippen LogP contribution in [0.15, 0.2) is 53.8 Å². The summed E-state index contributed by atoms with van der Waals surface area (Å²) >= 11 is 19.0. The first-order valence-corrected chi connectivity index (χ1v) is 13.9. The van der Waals surface area contributed by atoms with E-state index in [-0.39, 0.29) is 23.9 Å². The van der Waals surface area contributed by atoms with Gasteiger partial charge >= 0.3 is 0 Å². The summed E-state index contributed by atoms with van der Waals surface area (Å²) in [5.74, 6) is 0.518. The maximum absolute atomic E-state index is 14.0. The molecule has 39 heavy (non-hydrogen) atoms. The molecule has 0 radical (unpaired) electrons. The fraction of sp³-hybridized carbons (Fsp3) is 0.357. The molecule has 1 fully saturated rings. The predicted octanol–water partition coefficient (Wildman–Crippen LogP) is 5.67. The average Bonchev–Trinajstić information content (AvgIpc) is 3.31. The van der Waals surface area contributed by atoms with Crippen molar-refractivity contribution in [1.29, 1.82) is 0 Å². The van der Waals surface area contributed by atoms with Crippen LogP contribution in [0.25, 0.3) is 11.4 Å². The summed E-state index contributed by atoms with van der Waals surface area (Å²) < 4.78 is 1.91. The van der Waals surface area contributed by atoms with Gasteiger partial charge in [0.25, 0.3) is 5.91 Å². The maximum Gasteiger partial charge on any atom is 0.254 e. The summed E-state index contributed by atoms with van der Waals surface area (Å²) in [5.41, 5.74) is 1.84. The van der Waals surface area contributed by atoms with E-state index >= 15 is 0 Å². The van der Waals surface area contributed by atoms with E-state index in [0.717, 1.165) is 11.4 Å². The number of piperidine rings is 1. The molecule has 0 bridgehead atoms. The van der Waals surface area contributed by atoms with Crippen LogP contribution in [0.1, 0.15) is 37.6 Å². The van der Waals surface area contributed by atoms with Gasteiger partial charge in [0, 0.05) is 49.2 Å². The maximum atomic E-state index is 14.0. The van der Waals surface area contributed by atoms with E-state index in [1.165, 1.54) is 0 Å². The number of fused-ring (bicyclic) bond motifs is 1. The fourth-order valence-corrected chi connectivity index (χ4v) is 5.75. The van der Waals surface area contributed by atoms with Crippen LogP contribution < -0.4 is 10.2 Å². The lowest BCUT2D eigenvalue weighted by molar-refractivity contribution is -0.124. The van der Waals surface area contributed by atoms with Crippen LogP contribution in [-0.4, -0.2) is 56.9 Å². The predicted molar refractivity (Wildman–Crippen MR) is 156 cm³/mol. The van der Waals surface area contributed by atoms with Gasteiger partial charge in [-0.25, -0.2) is 14.9 Å². The minimum atomic E-state index is -0.402. The number of aliphatic imine (C=N–C) groups is 1. The van der Waals surface area contributed by atoms with Crippen molar-refractivity contribution in [1.82, 2.24) is 19.8 Å². The second kappa shape index (κ2) is 10.8. The van der Waals surface area contributed by atoms with E-state index in [0.29, 0.717) is 45.2 Å². The molecule has 3 atom stereocenters. The molecule has 1 N–H and O–H groups in total. The molecule has 0 aliphatic carbocycles. The van der Waals surface area contributed by atoms with Gasteiger partial charge in [0.1, 0.15) is 5.82 Å². The van der Waals surface area contributed by atoms with Crippen molar-refractivity contribution in [2.75, 3.05) is 11.4 Å². The molecule has 1 saturated heterocycles. The van der Waals surface area contributed by atoms with E-state index in [4.69, 9.17) is 39.8 Å². The lowest BCUT2D eigenvalue weighted by Crippen LogP contribution is -2.61. The van der Waals surface area contributed by atoms with E-state index < -0.39 is 12.0 Å². The van der Waals surface area contributed by atoms with E-state index in [1.54, 1.807) is 34.2 Å². The number of aromatic nitrogens is 2. The van der Waals surface area contributed by atoms with Crippen molar-refractivity contribution in [3.8, 4) is 11.4 Å². The van der Waals surface area contributed by atoms with E-state index in [9.17, 15) is 9.59 Å². The number of nitrogens with zero attached hydrogens (tertiary/aromatic N) is 5. The highest BCUT2D eigenvalue weighted by atomic mass is 35.5. The Morgan fingerprint density at radius 2 is 1.85 bits per heavy atom. The Hall–Kier alpha value is -3.07. The molecule has 5 rings (SSSR count). The molecule has 2 aromatic carbocycles. The summed E-state index contributed by atoms with van der Waals surface area (Å²) in [5, 5.41) is 4.44. The highest BCUT2D eigenvalue weighted by Gasteiger charge is 2.46. The molecular formula is C28H29Cl3N6O2. The highest BCUT2D eigenvalue weighted by Crippen LogP contribution is 2.37. The monoisotopic (exact) mass is 586 g/mol. The number of aryl methyl sites for hydroxylation is 1. The Morgan fingerprint density at radius 1 is 1.08 bits per heavy atom. The highest BCUT2D eigenvalue weighted by molar-refractivity contribution is 6.42. The molecule has 1 aromatic heterocycles. The molecule has 8 nitrogen and oxygen atoms in total. The molecule has 3 aromatic rings. The van der Waals surface area contributed by atoms with Crippen molar-refractivity contribution < 1.29 is 9.59 Å². The second-order valence-corrected chi connectivity index (χ2v) is 11.5. The zero-order chi connectivity index (χ0) is 28.0. The summed E-state index contributed by atoms with van der Waals surface area (Å²) in [4.78, 5) is 40.2. The van der Waals surface area contributed by atoms with Crippen molar-refractivity contribution >= 4 is 58.3 Å². The molecule has 0 spiro atoms. The van der Waals surface area contributed by atoms with Crippen molar-refractivity contribution in [2.45, 2.75) is 45.3 Å². The largest absolute Gasteiger partial charge is 0.353 e. The first-order valence-electron chi connectivity index (χ1n) is 12.8. The van der Waals surface area contributed by atoms with Crippen LogP contribution in [0, 0.1) is 5.92 Å². The Morgan fingerprint density at radius 3 is 2.49 bits per heavy atom. The Kier molecular flexibility index (Phi) is 7.64. The van der Waals surface area contributed by atoms with Crippen LogP contribution in [0.4, 0.5) is 5.69 Å². The molecule has 2 amide bonds. The minimum absolute atomic E-state index is 0.0117. The van der Waals surface area contributed by atoms with Gasteiger partial charge in [-0.2, -0.15) is 0 Å². The van der Waals surface area contributed by atoms with Crippen LogP contribution in [-0.2, 0) is 11.8 Å². The normalized spacial score (nSPS) is 21.2. The van der Waals surface area contributed by atoms with Gasteiger partial charge < -0.3 is 14.8 Å². The van der Waals surface area contributed by atoms with Crippen molar-refractivity contribution in [3.63, 3.8) is 0 Å². The molecule has 3 heterocycles. The average molecular weight is 588 g/mol. The number of hydrogen-bond donors (Lipinski definition) is 1. The van der Waals surface area contributed by atoms with Gasteiger partial charge in [-0.1, -0.05) is 34.8 Å². The quantitative estimate of drug-likeness (QED) is 0.427. The Labute approximate surface area is 242 Å². The smallest absolute Gasteiger partial charge is 0.254 e. The third-order valence-electron chi connectivity index (χ3n) is 7.13. The van der Waals surface area contributed by atoms with Gasteiger partial charge in [-0.3, -0.25) is 9.59 Å². The number of carbonyl (C=O) groups excluding carboxylic acids is 2. The third-order valence-corrected chi connectivity index (χ3v) is 8.17. The van der Waals surface area contributed by atoms with Crippen LogP contribution in [0.3, 0.4) is 0 Å². The Balaban J connectivity index is 1.48. The zero-order valence-electron chi connectivity index (χ0n) is 22.0. The molecule has 2 unspecified atom stereocenters. The van der Waals surface area contributed by atoms with Gasteiger partial charge in [0.15, 0.2) is 0 Å². The third kappa shape index (κ3) is 5.25. The number of amides is 2. The fourth-order valence-electron chi connectivity index (χ4n) is 5.18. The lowest BCUT2D eigenvalue weighted by Gasteiger charge is -2.45. The number of guanidine groups is 1. The van der Waals surface area contributed by atoms with Gasteiger partial charge in [0.2, 0.25) is 11.9 Å². The number of carbonyl (C=O) groups is 2. The summed E-state index contributed by atoms with van der Waals surface area (Å²) in [6, 6.07) is 9.82. The van der Waals surface area contributed by atoms with Crippen LogP contribution in [0.5, 0.6) is 0 Å². The van der Waals surface area contributed by atoms with E-state index in [2.05, 4.69) is 10.3 Å². The number of hydrogen-bond acceptors (Lipinski definition) is 5. The molecule has 204 valence electrons. The molecule has 11 heteroatoms. The minimum Gasteiger partial charge on any atom is -0.353 e. The van der Waals surface area contributed by atoms with Crippen molar-refractivity contribution in [3.05, 3.63) is 69.4 Å². The number of rotatable bonds is 4. The van der Waals surface area contributed by atoms with Gasteiger partial charge in [0.05, 0.1) is 32.7 Å².